The Morgan fingerprint density at radius 2 is 1.26 bits per heavy atom. The van der Waals surface area contributed by atoms with Gasteiger partial charge in [0.1, 0.15) is 5.78 Å². The van der Waals surface area contributed by atoms with Crippen molar-refractivity contribution in [2.45, 2.75) is 92.4 Å². The summed E-state index contributed by atoms with van der Waals surface area (Å²) in [5.74, 6) is 2.92. The van der Waals surface area contributed by atoms with Gasteiger partial charge in [-0.1, -0.05) is 72.6 Å². The van der Waals surface area contributed by atoms with E-state index in [-0.39, 0.29) is 0 Å². The zero-order chi connectivity index (χ0) is 14.7. The second kappa shape index (κ2) is 11.5. The molecule has 0 aromatic heterocycles. The molecule has 1 nitrogen and oxygen atoms in total. The van der Waals surface area contributed by atoms with Gasteiger partial charge in [-0.3, -0.25) is 0 Å². The van der Waals surface area contributed by atoms with Crippen LogP contribution in [0.15, 0.2) is 0 Å². The van der Waals surface area contributed by atoms with Crippen LogP contribution in [0.25, 0.3) is 0 Å². The van der Waals surface area contributed by atoms with Gasteiger partial charge in [-0.05, 0) is 31.1 Å². The Hall–Kier alpha value is -0.330. The third-order valence-electron chi connectivity index (χ3n) is 4.47. The number of Topliss-reactive ketones (excluding diaryl/α,β-unsaturated/α-hetero) is 1. The van der Waals surface area contributed by atoms with Crippen LogP contribution < -0.4 is 0 Å². The predicted molar refractivity (Wildman–Crippen MR) is 85.4 cm³/mol. The third-order valence-corrected chi connectivity index (χ3v) is 4.47. The molecule has 0 aromatic rings. The van der Waals surface area contributed by atoms with E-state index in [1.165, 1.54) is 44.9 Å². The van der Waals surface area contributed by atoms with Gasteiger partial charge >= 0.3 is 0 Å². The molecule has 0 rings (SSSR count). The summed E-state index contributed by atoms with van der Waals surface area (Å²) >= 11 is 0. The highest BCUT2D eigenvalue weighted by atomic mass is 16.1. The predicted octanol–water partition coefficient (Wildman–Crippen LogP) is 6.01. The van der Waals surface area contributed by atoms with Crippen LogP contribution in [0.2, 0.25) is 0 Å². The van der Waals surface area contributed by atoms with Crippen LogP contribution >= 0.6 is 0 Å². The maximum absolute atomic E-state index is 10.9. The summed E-state index contributed by atoms with van der Waals surface area (Å²) in [5, 5.41) is 0. The van der Waals surface area contributed by atoms with Crippen molar-refractivity contribution in [1.29, 1.82) is 0 Å². The average molecular weight is 268 g/mol. The summed E-state index contributed by atoms with van der Waals surface area (Å²) < 4.78 is 0. The fourth-order valence-electron chi connectivity index (χ4n) is 2.58. The van der Waals surface area contributed by atoms with E-state index in [1.807, 2.05) is 0 Å². The molecule has 0 aromatic carbocycles. The summed E-state index contributed by atoms with van der Waals surface area (Å²) in [4.78, 5) is 10.9. The molecule has 0 aliphatic carbocycles. The summed E-state index contributed by atoms with van der Waals surface area (Å²) in [7, 11) is 0. The van der Waals surface area contributed by atoms with E-state index in [0.717, 1.165) is 30.6 Å². The van der Waals surface area contributed by atoms with Gasteiger partial charge in [0.15, 0.2) is 0 Å². The highest BCUT2D eigenvalue weighted by Gasteiger charge is 2.07. The number of hydrogen-bond donors (Lipinski definition) is 0. The van der Waals surface area contributed by atoms with Crippen molar-refractivity contribution in [3.63, 3.8) is 0 Å². The number of ketones is 1. The molecule has 0 aliphatic heterocycles. The van der Waals surface area contributed by atoms with Gasteiger partial charge in [0.05, 0.1) is 0 Å². The minimum atomic E-state index is 0.339. The van der Waals surface area contributed by atoms with E-state index in [2.05, 4.69) is 27.7 Å². The number of carbonyl (C=O) groups is 1. The number of hydrogen-bond acceptors (Lipinski definition) is 1. The van der Waals surface area contributed by atoms with Crippen molar-refractivity contribution in [2.24, 2.45) is 17.8 Å². The Labute approximate surface area is 121 Å². The lowest BCUT2D eigenvalue weighted by atomic mass is 9.90. The summed E-state index contributed by atoms with van der Waals surface area (Å²) in [6.45, 7) is 11.1. The van der Waals surface area contributed by atoms with E-state index in [9.17, 15) is 4.79 Å². The second-order valence-electron chi connectivity index (χ2n) is 6.83. The molecule has 0 fully saturated rings. The summed E-state index contributed by atoms with van der Waals surface area (Å²) in [6, 6.07) is 0. The van der Waals surface area contributed by atoms with E-state index in [0.29, 0.717) is 5.78 Å². The Balaban J connectivity index is 3.47. The van der Waals surface area contributed by atoms with E-state index in [1.54, 1.807) is 6.92 Å². The molecule has 19 heavy (non-hydrogen) atoms. The van der Waals surface area contributed by atoms with Crippen molar-refractivity contribution in [3.05, 3.63) is 0 Å². The minimum Gasteiger partial charge on any atom is -0.300 e. The Bertz CT molecular complexity index is 222. The quantitative estimate of drug-likeness (QED) is 0.423. The van der Waals surface area contributed by atoms with Gasteiger partial charge in [-0.25, -0.2) is 0 Å². The molecule has 0 spiro atoms. The van der Waals surface area contributed by atoms with Crippen LogP contribution in [0.1, 0.15) is 92.4 Å². The Morgan fingerprint density at radius 1 is 0.789 bits per heavy atom. The Morgan fingerprint density at radius 3 is 1.79 bits per heavy atom. The molecule has 0 saturated carbocycles. The van der Waals surface area contributed by atoms with Gasteiger partial charge in [-0.15, -0.1) is 0 Å². The lowest BCUT2D eigenvalue weighted by molar-refractivity contribution is -0.117. The SMILES string of the molecule is CCC(C)CCC(C)CCCC(C)CCCC(C)=O. The average Bonchev–Trinajstić information content (AvgIpc) is 2.35. The zero-order valence-electron chi connectivity index (χ0n) is 14.0. The van der Waals surface area contributed by atoms with Crippen LogP contribution in [0, 0.1) is 17.8 Å². The van der Waals surface area contributed by atoms with E-state index < -0.39 is 0 Å². The van der Waals surface area contributed by atoms with Crippen LogP contribution in [0.3, 0.4) is 0 Å². The number of rotatable bonds is 12. The molecule has 3 unspecified atom stereocenters. The first-order chi connectivity index (χ1) is 8.95. The molecule has 0 aliphatic rings. The maximum Gasteiger partial charge on any atom is 0.129 e. The standard InChI is InChI=1S/C18H36O/c1-6-15(2)13-14-17(4)10-7-9-16(3)11-8-12-18(5)19/h15-17H,6-14H2,1-5H3. The first-order valence-electron chi connectivity index (χ1n) is 8.45. The second-order valence-corrected chi connectivity index (χ2v) is 6.83. The molecule has 0 saturated heterocycles. The highest BCUT2D eigenvalue weighted by molar-refractivity contribution is 5.75. The molecule has 0 amide bonds. The van der Waals surface area contributed by atoms with Crippen molar-refractivity contribution >= 4 is 5.78 Å². The molecule has 0 heterocycles. The lowest BCUT2D eigenvalue weighted by Crippen LogP contribution is -2.02. The Kier molecular flexibility index (Phi) is 11.3. The van der Waals surface area contributed by atoms with Gasteiger partial charge in [0.25, 0.3) is 0 Å². The third kappa shape index (κ3) is 12.4. The van der Waals surface area contributed by atoms with Crippen molar-refractivity contribution in [3.8, 4) is 0 Å². The van der Waals surface area contributed by atoms with Crippen molar-refractivity contribution < 1.29 is 4.79 Å². The fraction of sp³-hybridized carbons (Fsp3) is 0.944. The largest absolute Gasteiger partial charge is 0.300 e. The van der Waals surface area contributed by atoms with Crippen LogP contribution in [0.4, 0.5) is 0 Å². The molecular formula is C18H36O. The minimum absolute atomic E-state index is 0.339. The highest BCUT2D eigenvalue weighted by Crippen LogP contribution is 2.22. The van der Waals surface area contributed by atoms with Gasteiger partial charge in [0.2, 0.25) is 0 Å². The van der Waals surface area contributed by atoms with E-state index >= 15 is 0 Å². The zero-order valence-corrected chi connectivity index (χ0v) is 14.0. The first kappa shape index (κ1) is 18.7. The molecule has 1 heteroatoms. The molecule has 3 atom stereocenters. The van der Waals surface area contributed by atoms with Crippen LogP contribution in [-0.2, 0) is 4.79 Å². The van der Waals surface area contributed by atoms with E-state index in [4.69, 9.17) is 0 Å². The van der Waals surface area contributed by atoms with Crippen molar-refractivity contribution in [1.82, 2.24) is 0 Å². The summed E-state index contributed by atoms with van der Waals surface area (Å²) in [5.41, 5.74) is 0. The van der Waals surface area contributed by atoms with Crippen LogP contribution in [-0.4, -0.2) is 5.78 Å². The fourth-order valence-corrected chi connectivity index (χ4v) is 2.58. The molecular weight excluding hydrogens is 232 g/mol. The lowest BCUT2D eigenvalue weighted by Gasteiger charge is -2.16. The van der Waals surface area contributed by atoms with Gasteiger partial charge < -0.3 is 4.79 Å². The van der Waals surface area contributed by atoms with Crippen molar-refractivity contribution in [2.75, 3.05) is 0 Å². The topological polar surface area (TPSA) is 17.1 Å². The maximum atomic E-state index is 10.9. The van der Waals surface area contributed by atoms with Crippen LogP contribution in [0.5, 0.6) is 0 Å². The molecule has 114 valence electrons. The normalized spacial score (nSPS) is 16.1. The molecule has 0 N–H and O–H groups in total. The molecule has 0 radical (unpaired) electrons. The number of carbonyl (C=O) groups excluding carboxylic acids is 1. The summed E-state index contributed by atoms with van der Waals surface area (Å²) in [6.07, 6.45) is 11.3. The smallest absolute Gasteiger partial charge is 0.129 e. The van der Waals surface area contributed by atoms with Gasteiger partial charge in [-0.2, -0.15) is 0 Å². The molecule has 0 bridgehead atoms. The first-order valence-corrected chi connectivity index (χ1v) is 8.45. The van der Waals surface area contributed by atoms with Gasteiger partial charge in [0, 0.05) is 6.42 Å². The monoisotopic (exact) mass is 268 g/mol.